The molecule has 0 radical (unpaired) electrons. The first kappa shape index (κ1) is 11.8. The van der Waals surface area contributed by atoms with Gasteiger partial charge in [-0.3, -0.25) is 14.9 Å². The molecule has 100 valence electrons. The van der Waals surface area contributed by atoms with Gasteiger partial charge in [0.05, 0.1) is 18.4 Å². The van der Waals surface area contributed by atoms with Gasteiger partial charge in [0.2, 0.25) is 0 Å². The zero-order valence-electron chi connectivity index (χ0n) is 10.1. The largest absolute Gasteiger partial charge is 0.472 e. The van der Waals surface area contributed by atoms with Gasteiger partial charge < -0.3 is 14.6 Å². The van der Waals surface area contributed by atoms with E-state index in [0.717, 1.165) is 0 Å². The molecular weight excluding hydrogens is 250 g/mol. The lowest BCUT2D eigenvalue weighted by Crippen LogP contribution is -2.59. The van der Waals surface area contributed by atoms with Gasteiger partial charge in [0, 0.05) is 6.54 Å². The van der Waals surface area contributed by atoms with Crippen LogP contribution in [-0.2, 0) is 4.79 Å². The molecule has 2 fully saturated rings. The summed E-state index contributed by atoms with van der Waals surface area (Å²) in [5, 5.41) is 4.86. The van der Waals surface area contributed by atoms with E-state index in [2.05, 4.69) is 10.6 Å². The molecule has 2 aliphatic heterocycles. The van der Waals surface area contributed by atoms with E-state index in [1.165, 1.54) is 12.5 Å². The van der Waals surface area contributed by atoms with Crippen molar-refractivity contribution in [3.63, 3.8) is 0 Å². The second-order valence-corrected chi connectivity index (χ2v) is 4.83. The number of urea groups is 1. The smallest absolute Gasteiger partial charge is 0.322 e. The summed E-state index contributed by atoms with van der Waals surface area (Å²) in [6, 6.07) is 1.08. The molecule has 0 saturated carbocycles. The minimum absolute atomic E-state index is 0.189. The molecule has 3 rings (SSSR count). The van der Waals surface area contributed by atoms with Crippen molar-refractivity contribution >= 4 is 17.8 Å². The molecule has 1 aromatic heterocycles. The topological polar surface area (TPSA) is 91.7 Å². The SMILES string of the molecule is O=C1NC(=O)C2(CCCN(C(=O)c3ccoc3)C2)N1. The number of likely N-dealkylation sites (tertiary alicyclic amines) is 1. The summed E-state index contributed by atoms with van der Waals surface area (Å²) >= 11 is 0. The molecule has 1 aromatic rings. The quantitative estimate of drug-likeness (QED) is 0.703. The van der Waals surface area contributed by atoms with Crippen molar-refractivity contribution in [2.75, 3.05) is 13.1 Å². The number of nitrogens with one attached hydrogen (secondary N) is 2. The van der Waals surface area contributed by atoms with Crippen LogP contribution < -0.4 is 10.6 Å². The summed E-state index contributed by atoms with van der Waals surface area (Å²) in [7, 11) is 0. The molecule has 1 spiro atoms. The monoisotopic (exact) mass is 263 g/mol. The molecule has 0 aromatic carbocycles. The molecule has 4 amide bonds. The Morgan fingerprint density at radius 2 is 2.26 bits per heavy atom. The Morgan fingerprint density at radius 1 is 1.42 bits per heavy atom. The lowest BCUT2D eigenvalue weighted by atomic mass is 9.89. The molecule has 2 saturated heterocycles. The van der Waals surface area contributed by atoms with Gasteiger partial charge in [0.25, 0.3) is 11.8 Å². The third kappa shape index (κ3) is 1.87. The van der Waals surface area contributed by atoms with Crippen LogP contribution in [0.4, 0.5) is 4.79 Å². The van der Waals surface area contributed by atoms with Crippen LogP contribution in [0.5, 0.6) is 0 Å². The number of nitrogens with zero attached hydrogens (tertiary/aromatic N) is 1. The Hall–Kier alpha value is -2.31. The van der Waals surface area contributed by atoms with Gasteiger partial charge >= 0.3 is 6.03 Å². The fraction of sp³-hybridized carbons (Fsp3) is 0.417. The van der Waals surface area contributed by atoms with Crippen LogP contribution in [0.1, 0.15) is 23.2 Å². The van der Waals surface area contributed by atoms with Crippen molar-refractivity contribution in [1.29, 1.82) is 0 Å². The fourth-order valence-corrected chi connectivity index (χ4v) is 2.61. The summed E-state index contributed by atoms with van der Waals surface area (Å²) in [5.74, 6) is -0.552. The molecule has 2 N–H and O–H groups in total. The summed E-state index contributed by atoms with van der Waals surface area (Å²) in [4.78, 5) is 36.9. The number of hydrogen-bond acceptors (Lipinski definition) is 4. The number of amides is 4. The van der Waals surface area contributed by atoms with E-state index in [1.54, 1.807) is 11.0 Å². The normalized spacial score (nSPS) is 26.4. The number of carbonyl (C=O) groups is 3. The van der Waals surface area contributed by atoms with Gasteiger partial charge in [0.15, 0.2) is 0 Å². The minimum atomic E-state index is -0.977. The molecule has 7 nitrogen and oxygen atoms in total. The molecule has 2 aliphatic rings. The van der Waals surface area contributed by atoms with Crippen molar-refractivity contribution in [1.82, 2.24) is 15.5 Å². The Morgan fingerprint density at radius 3 is 2.89 bits per heavy atom. The average Bonchev–Trinajstić information content (AvgIpc) is 2.99. The van der Waals surface area contributed by atoms with Crippen molar-refractivity contribution in [2.24, 2.45) is 0 Å². The number of imide groups is 1. The zero-order valence-corrected chi connectivity index (χ0v) is 10.1. The van der Waals surface area contributed by atoms with Crippen LogP contribution in [0.25, 0.3) is 0 Å². The Labute approximate surface area is 108 Å². The maximum absolute atomic E-state index is 12.2. The Kier molecular flexibility index (Phi) is 2.55. The van der Waals surface area contributed by atoms with E-state index in [0.29, 0.717) is 24.9 Å². The standard InChI is InChI=1S/C12H13N3O4/c16-9(8-2-5-19-6-8)15-4-1-3-12(7-15)10(17)13-11(18)14-12/h2,5-6H,1,3-4,7H2,(H2,13,14,17,18). The van der Waals surface area contributed by atoms with Gasteiger partial charge in [-0.15, -0.1) is 0 Å². The van der Waals surface area contributed by atoms with Crippen molar-refractivity contribution < 1.29 is 18.8 Å². The highest BCUT2D eigenvalue weighted by molar-refractivity contribution is 6.07. The third-order valence-electron chi connectivity index (χ3n) is 3.56. The van der Waals surface area contributed by atoms with Crippen molar-refractivity contribution in [2.45, 2.75) is 18.4 Å². The van der Waals surface area contributed by atoms with E-state index < -0.39 is 11.6 Å². The van der Waals surface area contributed by atoms with Crippen LogP contribution in [0.3, 0.4) is 0 Å². The molecule has 0 bridgehead atoms. The van der Waals surface area contributed by atoms with Crippen LogP contribution in [-0.4, -0.2) is 41.4 Å². The second-order valence-electron chi connectivity index (χ2n) is 4.83. The van der Waals surface area contributed by atoms with Gasteiger partial charge in [-0.25, -0.2) is 4.79 Å². The second kappa shape index (κ2) is 4.11. The van der Waals surface area contributed by atoms with Gasteiger partial charge in [-0.2, -0.15) is 0 Å². The van der Waals surface area contributed by atoms with Crippen LogP contribution in [0, 0.1) is 0 Å². The first-order chi connectivity index (χ1) is 9.11. The Bertz CT molecular complexity index is 539. The van der Waals surface area contributed by atoms with Gasteiger partial charge in [-0.05, 0) is 18.9 Å². The number of hydrogen-bond donors (Lipinski definition) is 2. The maximum atomic E-state index is 12.2. The Balaban J connectivity index is 1.80. The average molecular weight is 263 g/mol. The number of carbonyl (C=O) groups excluding carboxylic acids is 3. The molecule has 1 atom stereocenters. The molecule has 19 heavy (non-hydrogen) atoms. The maximum Gasteiger partial charge on any atom is 0.322 e. The highest BCUT2D eigenvalue weighted by atomic mass is 16.3. The van der Waals surface area contributed by atoms with Gasteiger partial charge in [-0.1, -0.05) is 0 Å². The predicted molar refractivity (Wildman–Crippen MR) is 63.3 cm³/mol. The minimum Gasteiger partial charge on any atom is -0.472 e. The lowest BCUT2D eigenvalue weighted by Gasteiger charge is -2.37. The van der Waals surface area contributed by atoms with E-state index in [1.807, 2.05) is 0 Å². The number of rotatable bonds is 1. The third-order valence-corrected chi connectivity index (χ3v) is 3.56. The molecule has 0 aliphatic carbocycles. The number of furan rings is 1. The zero-order chi connectivity index (χ0) is 13.5. The summed E-state index contributed by atoms with van der Waals surface area (Å²) in [6.45, 7) is 0.753. The van der Waals surface area contributed by atoms with Crippen LogP contribution in [0.15, 0.2) is 23.0 Å². The van der Waals surface area contributed by atoms with E-state index in [-0.39, 0.29) is 18.4 Å². The fourth-order valence-electron chi connectivity index (χ4n) is 2.61. The van der Waals surface area contributed by atoms with E-state index in [9.17, 15) is 14.4 Å². The van der Waals surface area contributed by atoms with E-state index >= 15 is 0 Å². The van der Waals surface area contributed by atoms with Crippen LogP contribution >= 0.6 is 0 Å². The van der Waals surface area contributed by atoms with Crippen molar-refractivity contribution in [3.05, 3.63) is 24.2 Å². The lowest BCUT2D eigenvalue weighted by molar-refractivity contribution is -0.125. The summed E-state index contributed by atoms with van der Waals surface area (Å²) < 4.78 is 4.89. The first-order valence-electron chi connectivity index (χ1n) is 6.06. The first-order valence-corrected chi connectivity index (χ1v) is 6.06. The highest BCUT2D eigenvalue weighted by Gasteiger charge is 2.49. The van der Waals surface area contributed by atoms with Gasteiger partial charge in [0.1, 0.15) is 11.8 Å². The highest BCUT2D eigenvalue weighted by Crippen LogP contribution is 2.25. The summed E-state index contributed by atoms with van der Waals surface area (Å²) in [6.07, 6.45) is 4.00. The molecule has 7 heteroatoms. The molecular formula is C12H13N3O4. The number of piperidine rings is 1. The van der Waals surface area contributed by atoms with E-state index in [4.69, 9.17) is 4.42 Å². The van der Waals surface area contributed by atoms with Crippen molar-refractivity contribution in [3.8, 4) is 0 Å². The summed E-state index contributed by atoms with van der Waals surface area (Å²) in [5.41, 5.74) is -0.531. The van der Waals surface area contributed by atoms with Crippen LogP contribution in [0.2, 0.25) is 0 Å². The molecule has 1 unspecified atom stereocenters. The predicted octanol–water partition coefficient (Wildman–Crippen LogP) is 0.0938. The molecule has 3 heterocycles.